The van der Waals surface area contributed by atoms with Crippen molar-refractivity contribution in [1.82, 2.24) is 9.80 Å². The molecule has 32 heavy (non-hydrogen) atoms. The summed E-state index contributed by atoms with van der Waals surface area (Å²) in [5, 5.41) is 9.67. The van der Waals surface area contributed by atoms with Gasteiger partial charge in [0.2, 0.25) is 11.8 Å². The maximum atomic E-state index is 13.9. The minimum absolute atomic E-state index is 0.00211. The van der Waals surface area contributed by atoms with E-state index < -0.39 is 40.6 Å². The molecule has 2 amide bonds. The van der Waals surface area contributed by atoms with Crippen LogP contribution >= 0.6 is 0 Å². The number of rotatable bonds is 9. The number of likely N-dealkylation sites (tertiary alicyclic amines) is 1. The van der Waals surface area contributed by atoms with Gasteiger partial charge in [0.1, 0.15) is 17.6 Å². The van der Waals surface area contributed by atoms with E-state index in [1.165, 1.54) is 4.90 Å². The average Bonchev–Trinajstić information content (AvgIpc) is 3.27. The zero-order chi connectivity index (χ0) is 23.9. The lowest BCUT2D eigenvalue weighted by Crippen LogP contribution is -2.60. The summed E-state index contributed by atoms with van der Waals surface area (Å²) >= 11 is 0. The topological polar surface area (TPSA) is 96.4 Å². The van der Waals surface area contributed by atoms with Gasteiger partial charge in [0.15, 0.2) is 0 Å². The van der Waals surface area contributed by atoms with Crippen molar-refractivity contribution >= 4 is 17.8 Å². The van der Waals surface area contributed by atoms with Gasteiger partial charge < -0.3 is 24.4 Å². The molecule has 5 atom stereocenters. The van der Waals surface area contributed by atoms with Crippen molar-refractivity contribution in [2.45, 2.75) is 69.7 Å². The lowest BCUT2D eigenvalue weighted by atomic mass is 9.66. The lowest BCUT2D eigenvalue weighted by Gasteiger charge is -2.41. The molecule has 0 aromatic heterocycles. The number of ether oxygens (including phenoxy) is 2. The number of aliphatic hydroxyl groups excluding tert-OH is 1. The normalized spacial score (nSPS) is 33.2. The Morgan fingerprint density at radius 3 is 2.56 bits per heavy atom. The number of hydrogen-bond donors (Lipinski definition) is 1. The van der Waals surface area contributed by atoms with Crippen LogP contribution in [0, 0.1) is 11.8 Å². The predicted molar refractivity (Wildman–Crippen MR) is 118 cm³/mol. The molecule has 0 saturated carbocycles. The second-order valence-corrected chi connectivity index (χ2v) is 10.1. The Hall–Kier alpha value is -2.19. The summed E-state index contributed by atoms with van der Waals surface area (Å²) in [6, 6.07) is -0.917. The summed E-state index contributed by atoms with van der Waals surface area (Å²) in [7, 11) is 0. The van der Waals surface area contributed by atoms with Crippen LogP contribution in [0.5, 0.6) is 0 Å². The minimum atomic E-state index is -1.12. The van der Waals surface area contributed by atoms with Crippen LogP contribution in [0.2, 0.25) is 0 Å². The van der Waals surface area contributed by atoms with Crippen LogP contribution in [0.15, 0.2) is 25.3 Å². The minimum Gasteiger partial charge on any atom is -0.465 e. The van der Waals surface area contributed by atoms with E-state index >= 15 is 0 Å². The van der Waals surface area contributed by atoms with Gasteiger partial charge >= 0.3 is 5.97 Å². The van der Waals surface area contributed by atoms with E-state index in [9.17, 15) is 19.5 Å². The highest BCUT2D eigenvalue weighted by Gasteiger charge is 2.78. The molecular weight excluding hydrogens is 412 g/mol. The van der Waals surface area contributed by atoms with E-state index in [0.717, 1.165) is 0 Å². The Labute approximate surface area is 190 Å². The summed E-state index contributed by atoms with van der Waals surface area (Å²) in [5.74, 6) is -2.69. The van der Waals surface area contributed by atoms with Gasteiger partial charge in [-0.2, -0.15) is 0 Å². The van der Waals surface area contributed by atoms with E-state index in [2.05, 4.69) is 13.2 Å². The predicted octanol–water partition coefficient (Wildman–Crippen LogP) is 1.68. The number of carbonyl (C=O) groups excluding carboxylic acids is 3. The van der Waals surface area contributed by atoms with E-state index in [1.807, 2.05) is 27.7 Å². The van der Waals surface area contributed by atoms with Crippen molar-refractivity contribution in [2.24, 2.45) is 11.8 Å². The van der Waals surface area contributed by atoms with Crippen LogP contribution in [0.1, 0.15) is 47.0 Å². The summed E-state index contributed by atoms with van der Waals surface area (Å²) in [4.78, 5) is 43.7. The third-order valence-electron chi connectivity index (χ3n) is 7.06. The third-order valence-corrected chi connectivity index (χ3v) is 7.06. The molecule has 2 unspecified atom stereocenters. The van der Waals surface area contributed by atoms with Gasteiger partial charge in [0.25, 0.3) is 0 Å². The van der Waals surface area contributed by atoms with E-state index in [-0.39, 0.29) is 31.6 Å². The third kappa shape index (κ3) is 3.67. The molecule has 3 fully saturated rings. The van der Waals surface area contributed by atoms with Crippen molar-refractivity contribution in [3.8, 4) is 0 Å². The number of fused-ring (bicyclic) bond motifs is 1. The molecular formula is C24H36N2O6. The fourth-order valence-corrected chi connectivity index (χ4v) is 5.71. The first-order valence-electron chi connectivity index (χ1n) is 11.3. The number of nitrogens with zero attached hydrogens (tertiary/aromatic N) is 2. The molecule has 8 heteroatoms. The maximum absolute atomic E-state index is 13.9. The molecule has 3 aliphatic heterocycles. The van der Waals surface area contributed by atoms with Crippen molar-refractivity contribution in [2.75, 3.05) is 26.3 Å². The highest BCUT2D eigenvalue weighted by Crippen LogP contribution is 2.63. The molecule has 1 N–H and O–H groups in total. The Morgan fingerprint density at radius 1 is 1.31 bits per heavy atom. The molecule has 3 saturated heterocycles. The molecule has 3 aliphatic rings. The highest BCUT2D eigenvalue weighted by atomic mass is 16.6. The van der Waals surface area contributed by atoms with E-state index in [4.69, 9.17) is 9.47 Å². The molecule has 3 rings (SSSR count). The second kappa shape index (κ2) is 8.63. The van der Waals surface area contributed by atoms with Gasteiger partial charge in [0, 0.05) is 18.6 Å². The summed E-state index contributed by atoms with van der Waals surface area (Å²) in [6.45, 7) is 15.2. The molecule has 0 aliphatic carbocycles. The summed E-state index contributed by atoms with van der Waals surface area (Å²) in [6.07, 6.45) is 4.86. The van der Waals surface area contributed by atoms with E-state index in [1.54, 1.807) is 17.1 Å². The van der Waals surface area contributed by atoms with Crippen LogP contribution in [-0.2, 0) is 23.9 Å². The van der Waals surface area contributed by atoms with Gasteiger partial charge in [-0.15, -0.1) is 13.2 Å². The van der Waals surface area contributed by atoms with Gasteiger partial charge in [-0.25, -0.2) is 0 Å². The number of hydrogen-bond acceptors (Lipinski definition) is 6. The Morgan fingerprint density at radius 2 is 2.00 bits per heavy atom. The quantitative estimate of drug-likeness (QED) is 0.328. The molecule has 178 valence electrons. The summed E-state index contributed by atoms with van der Waals surface area (Å²) in [5.41, 5.74) is -2.51. The first-order valence-corrected chi connectivity index (χ1v) is 11.3. The molecule has 0 aromatic carbocycles. The van der Waals surface area contributed by atoms with Gasteiger partial charge in [-0.05, 0) is 47.0 Å². The van der Waals surface area contributed by atoms with Gasteiger partial charge in [-0.1, -0.05) is 12.2 Å². The number of carbonyl (C=O) groups is 3. The zero-order valence-electron chi connectivity index (χ0n) is 19.6. The van der Waals surface area contributed by atoms with Gasteiger partial charge in [0.05, 0.1) is 24.7 Å². The smallest absolute Gasteiger partial charge is 0.312 e. The molecule has 0 radical (unpaired) electrons. The number of esters is 1. The largest absolute Gasteiger partial charge is 0.465 e. The first kappa shape index (κ1) is 24.5. The van der Waals surface area contributed by atoms with Crippen LogP contribution in [0.4, 0.5) is 0 Å². The van der Waals surface area contributed by atoms with Crippen LogP contribution in [-0.4, -0.2) is 81.8 Å². The Kier molecular flexibility index (Phi) is 6.60. The monoisotopic (exact) mass is 448 g/mol. The van der Waals surface area contributed by atoms with Crippen LogP contribution < -0.4 is 0 Å². The number of aliphatic hydroxyl groups is 1. The van der Waals surface area contributed by atoms with Crippen LogP contribution in [0.25, 0.3) is 0 Å². The zero-order valence-corrected chi connectivity index (χ0v) is 19.6. The van der Waals surface area contributed by atoms with E-state index in [0.29, 0.717) is 25.8 Å². The fourth-order valence-electron chi connectivity index (χ4n) is 5.71. The highest BCUT2D eigenvalue weighted by molar-refractivity contribution is 5.98. The van der Waals surface area contributed by atoms with Crippen molar-refractivity contribution in [3.63, 3.8) is 0 Å². The molecule has 1 spiro atoms. The van der Waals surface area contributed by atoms with Gasteiger partial charge in [-0.3, -0.25) is 14.4 Å². The second-order valence-electron chi connectivity index (χ2n) is 10.1. The van der Waals surface area contributed by atoms with Crippen LogP contribution in [0.3, 0.4) is 0 Å². The SMILES string of the molecule is C=CCCOC(=O)[C@H]1[C@H]2C(=O)N(CCO)C(C(=O)N(CC=C)C(C)(C)C)C23CC[C@]1(C)O3. The average molecular weight is 449 g/mol. The number of β-amino-alcohol motifs (C(OH)–C–C–N with tert-alkyl or cyclic N) is 1. The van der Waals surface area contributed by atoms with Crippen molar-refractivity contribution in [3.05, 3.63) is 25.3 Å². The lowest BCUT2D eigenvalue weighted by molar-refractivity contribution is -0.161. The summed E-state index contributed by atoms with van der Waals surface area (Å²) < 4.78 is 11.9. The standard InChI is InChI=1S/C24H36N2O6/c1-7-9-15-31-21(30)17-16-19(28)25(13-14-27)18(24(16)11-10-23(17,6)32-24)20(29)26(12-8-2)22(3,4)5/h7-8,16-18,27H,1-2,9-15H2,3-6H3/t16-,17+,18?,23-,24?/m0/s1. The molecule has 3 heterocycles. The number of amides is 2. The Bertz CT molecular complexity index is 805. The maximum Gasteiger partial charge on any atom is 0.312 e. The molecule has 2 bridgehead atoms. The van der Waals surface area contributed by atoms with Crippen molar-refractivity contribution < 1.29 is 29.0 Å². The fraction of sp³-hybridized carbons (Fsp3) is 0.708. The van der Waals surface area contributed by atoms with Crippen molar-refractivity contribution in [1.29, 1.82) is 0 Å². The Balaban J connectivity index is 2.04. The first-order chi connectivity index (χ1) is 15.0. The molecule has 8 nitrogen and oxygen atoms in total. The molecule has 0 aromatic rings.